The first-order valence-electron chi connectivity index (χ1n) is 6.77. The van der Waals surface area contributed by atoms with Gasteiger partial charge in [0.05, 0.1) is 18.1 Å². The van der Waals surface area contributed by atoms with Crippen LogP contribution in [-0.2, 0) is 40.7 Å². The molecule has 3 atom stereocenters. The van der Waals surface area contributed by atoms with E-state index >= 15 is 0 Å². The normalized spacial score (nSPS) is 28.4. The fraction of sp³-hybridized carbons (Fsp3) is 0.467. The van der Waals surface area contributed by atoms with Crippen LogP contribution in [0.2, 0.25) is 0 Å². The molecule has 1 spiro atoms. The van der Waals surface area contributed by atoms with E-state index in [0.717, 1.165) is 17.5 Å². The number of methoxy groups -OCH3 is 2. The third kappa shape index (κ3) is 2.22. The Morgan fingerprint density at radius 1 is 1.14 bits per heavy atom. The Bertz CT molecular complexity index is 592. The average molecular weight is 418 g/mol. The number of ether oxygens (including phenoxy) is 4. The summed E-state index contributed by atoms with van der Waals surface area (Å²) in [7, 11) is 2.49. The van der Waals surface area contributed by atoms with Gasteiger partial charge < -0.3 is 18.9 Å². The quantitative estimate of drug-likeness (QED) is 0.410. The summed E-state index contributed by atoms with van der Waals surface area (Å²) < 4.78 is 21.3. The number of alkyl halides is 1. The van der Waals surface area contributed by atoms with Gasteiger partial charge in [-0.15, -0.1) is 0 Å². The van der Waals surface area contributed by atoms with Crippen molar-refractivity contribution in [3.8, 4) is 0 Å². The number of halogens is 1. The van der Waals surface area contributed by atoms with Gasteiger partial charge in [-0.1, -0.05) is 46.9 Å². The first kappa shape index (κ1) is 15.7. The summed E-state index contributed by atoms with van der Waals surface area (Å²) in [5.74, 6) is -2.44. The number of fused-ring (bicyclic) bond motifs is 2. The maximum absolute atomic E-state index is 12.0. The molecule has 0 unspecified atom stereocenters. The minimum atomic E-state index is -1.14. The summed E-state index contributed by atoms with van der Waals surface area (Å²) in [5.41, 5.74) is 1.92. The van der Waals surface area contributed by atoms with Crippen LogP contribution >= 0.6 is 22.6 Å². The minimum absolute atomic E-state index is 0.0655. The highest BCUT2D eigenvalue weighted by Crippen LogP contribution is 2.50. The van der Waals surface area contributed by atoms with Gasteiger partial charge in [-0.3, -0.25) is 0 Å². The summed E-state index contributed by atoms with van der Waals surface area (Å²) >= 11 is 2.22. The number of carbonyl (C=O) groups excluding carboxylic acids is 2. The average Bonchev–Trinajstić information content (AvgIpc) is 3.07. The molecular weight excluding hydrogens is 403 g/mol. The topological polar surface area (TPSA) is 71.1 Å². The summed E-state index contributed by atoms with van der Waals surface area (Å²) in [4.78, 5) is 23.9. The van der Waals surface area contributed by atoms with E-state index in [9.17, 15) is 9.59 Å². The molecule has 118 valence electrons. The van der Waals surface area contributed by atoms with Crippen LogP contribution in [0.5, 0.6) is 0 Å². The molecule has 22 heavy (non-hydrogen) atoms. The lowest BCUT2D eigenvalue weighted by atomic mass is 10.1. The van der Waals surface area contributed by atoms with Crippen LogP contribution in [0.15, 0.2) is 24.3 Å². The molecule has 3 rings (SSSR count). The molecule has 0 bridgehead atoms. The summed E-state index contributed by atoms with van der Waals surface area (Å²) in [5, 5.41) is 0. The number of esters is 2. The molecule has 6 nitrogen and oxygen atoms in total. The molecule has 1 heterocycles. The number of hydrogen-bond donors (Lipinski definition) is 0. The van der Waals surface area contributed by atoms with Crippen LogP contribution < -0.4 is 0 Å². The van der Waals surface area contributed by atoms with Crippen molar-refractivity contribution in [3.63, 3.8) is 0 Å². The zero-order valence-electron chi connectivity index (χ0n) is 12.1. The Hall–Kier alpha value is -1.19. The molecule has 1 aliphatic heterocycles. The van der Waals surface area contributed by atoms with Gasteiger partial charge in [-0.2, -0.15) is 0 Å². The number of hydrogen-bond acceptors (Lipinski definition) is 6. The van der Waals surface area contributed by atoms with Crippen molar-refractivity contribution < 1.29 is 28.5 Å². The van der Waals surface area contributed by atoms with Crippen LogP contribution in [0.1, 0.15) is 11.1 Å². The Morgan fingerprint density at radius 2 is 1.68 bits per heavy atom. The monoisotopic (exact) mass is 418 g/mol. The maximum atomic E-state index is 12.0. The van der Waals surface area contributed by atoms with Gasteiger partial charge in [0.2, 0.25) is 5.79 Å². The standard InChI is InChI=1S/C15H15IO6/c1-19-13(17)11-12(14(18)20-2)22-15(21-11)9-6-4-3-5-8(9)7-10(15)16/h3-6,10-12H,7H2,1-2H3/t10-,11-,12-/m1/s1. The highest BCUT2D eigenvalue weighted by atomic mass is 127. The zero-order chi connectivity index (χ0) is 15.9. The minimum Gasteiger partial charge on any atom is -0.467 e. The molecule has 0 saturated carbocycles. The second kappa shape index (κ2) is 5.78. The van der Waals surface area contributed by atoms with E-state index in [1.165, 1.54) is 14.2 Å². The molecule has 1 aromatic rings. The lowest BCUT2D eigenvalue weighted by Crippen LogP contribution is -2.38. The van der Waals surface area contributed by atoms with Crippen molar-refractivity contribution >= 4 is 34.5 Å². The van der Waals surface area contributed by atoms with Crippen molar-refractivity contribution in [2.45, 2.75) is 28.3 Å². The lowest BCUT2D eigenvalue weighted by molar-refractivity contribution is -0.188. The van der Waals surface area contributed by atoms with Crippen molar-refractivity contribution in [2.75, 3.05) is 14.2 Å². The van der Waals surface area contributed by atoms with E-state index in [1.54, 1.807) is 0 Å². The Kier molecular flexibility index (Phi) is 4.13. The second-order valence-electron chi connectivity index (χ2n) is 5.12. The van der Waals surface area contributed by atoms with Crippen LogP contribution in [0.4, 0.5) is 0 Å². The maximum Gasteiger partial charge on any atom is 0.338 e. The number of rotatable bonds is 2. The predicted octanol–water partition coefficient (Wildman–Crippen LogP) is 1.33. The molecule has 1 fully saturated rings. The van der Waals surface area contributed by atoms with Crippen LogP contribution in [0.25, 0.3) is 0 Å². The molecule has 0 aromatic heterocycles. The SMILES string of the molecule is COC(=O)[C@@H]1OC2(O[C@H]1C(=O)OC)c1ccccc1C[C@H]2I. The number of benzene rings is 1. The Morgan fingerprint density at radius 3 is 2.23 bits per heavy atom. The second-order valence-corrected chi connectivity index (χ2v) is 6.62. The van der Waals surface area contributed by atoms with Gasteiger partial charge in [0.15, 0.2) is 12.2 Å². The smallest absolute Gasteiger partial charge is 0.338 e. The molecule has 0 radical (unpaired) electrons. The van der Waals surface area contributed by atoms with Gasteiger partial charge in [0.1, 0.15) is 0 Å². The van der Waals surface area contributed by atoms with E-state index < -0.39 is 29.9 Å². The highest BCUT2D eigenvalue weighted by molar-refractivity contribution is 14.1. The fourth-order valence-electron chi connectivity index (χ4n) is 2.91. The molecule has 0 amide bonds. The third-order valence-electron chi connectivity index (χ3n) is 3.95. The van der Waals surface area contributed by atoms with Crippen LogP contribution in [0.3, 0.4) is 0 Å². The molecule has 1 aromatic carbocycles. The van der Waals surface area contributed by atoms with E-state index in [-0.39, 0.29) is 3.92 Å². The van der Waals surface area contributed by atoms with Gasteiger partial charge in [0, 0.05) is 5.56 Å². The summed E-state index contributed by atoms with van der Waals surface area (Å²) in [6, 6.07) is 7.69. The summed E-state index contributed by atoms with van der Waals surface area (Å²) in [6.07, 6.45) is -1.54. The van der Waals surface area contributed by atoms with Gasteiger partial charge in [-0.05, 0) is 12.0 Å². The third-order valence-corrected chi connectivity index (χ3v) is 5.21. The molecular formula is C15H15IO6. The van der Waals surface area contributed by atoms with E-state index in [4.69, 9.17) is 18.9 Å². The largest absolute Gasteiger partial charge is 0.467 e. The van der Waals surface area contributed by atoms with Crippen molar-refractivity contribution in [1.82, 2.24) is 0 Å². The van der Waals surface area contributed by atoms with Crippen molar-refractivity contribution in [2.24, 2.45) is 0 Å². The Labute approximate surface area is 141 Å². The molecule has 1 aliphatic carbocycles. The van der Waals surface area contributed by atoms with Gasteiger partial charge >= 0.3 is 11.9 Å². The van der Waals surface area contributed by atoms with Gasteiger partial charge in [-0.25, -0.2) is 9.59 Å². The Balaban J connectivity index is 2.03. The molecule has 7 heteroatoms. The van der Waals surface area contributed by atoms with E-state index in [2.05, 4.69) is 22.6 Å². The predicted molar refractivity (Wildman–Crippen MR) is 83.4 cm³/mol. The molecule has 1 saturated heterocycles. The van der Waals surface area contributed by atoms with Crippen molar-refractivity contribution in [1.29, 1.82) is 0 Å². The molecule has 0 N–H and O–H groups in total. The van der Waals surface area contributed by atoms with Crippen LogP contribution in [-0.4, -0.2) is 42.3 Å². The lowest BCUT2D eigenvalue weighted by Gasteiger charge is -2.27. The number of carbonyl (C=O) groups is 2. The van der Waals surface area contributed by atoms with Crippen LogP contribution in [0, 0.1) is 0 Å². The first-order chi connectivity index (χ1) is 10.5. The van der Waals surface area contributed by atoms with Crippen molar-refractivity contribution in [3.05, 3.63) is 35.4 Å². The zero-order valence-corrected chi connectivity index (χ0v) is 14.2. The van der Waals surface area contributed by atoms with E-state index in [0.29, 0.717) is 0 Å². The first-order valence-corrected chi connectivity index (χ1v) is 8.02. The van der Waals surface area contributed by atoms with E-state index in [1.807, 2.05) is 24.3 Å². The summed E-state index contributed by atoms with van der Waals surface area (Å²) in [6.45, 7) is 0. The fourth-order valence-corrected chi connectivity index (χ4v) is 4.02. The molecule has 2 aliphatic rings. The van der Waals surface area contributed by atoms with Gasteiger partial charge in [0.25, 0.3) is 0 Å². The highest BCUT2D eigenvalue weighted by Gasteiger charge is 2.61.